The number of nitrogens with zero attached hydrogens (tertiary/aromatic N) is 3. The van der Waals surface area contributed by atoms with Gasteiger partial charge in [0.25, 0.3) is 0 Å². The Kier molecular flexibility index (Phi) is 5.78. The van der Waals surface area contributed by atoms with Crippen molar-refractivity contribution in [2.75, 3.05) is 25.9 Å². The fourth-order valence-corrected chi connectivity index (χ4v) is 3.31. The highest BCUT2D eigenvalue weighted by Crippen LogP contribution is 2.17. The smallest absolute Gasteiger partial charge is 0.208 e. The molecule has 0 spiro atoms. The zero-order valence-corrected chi connectivity index (χ0v) is 13.8. The molecular weight excluding hydrogens is 288 g/mol. The molecule has 1 aromatic heterocycles. The molecule has 0 aliphatic carbocycles. The van der Waals surface area contributed by atoms with Gasteiger partial charge in [0.05, 0.1) is 12.5 Å². The molecule has 1 N–H and O–H groups in total. The summed E-state index contributed by atoms with van der Waals surface area (Å²) in [7, 11) is -3.10. The first-order chi connectivity index (χ1) is 9.98. The third kappa shape index (κ3) is 5.41. The lowest BCUT2D eigenvalue weighted by Crippen LogP contribution is -2.47. The number of nitrogens with one attached hydrogen (secondary N) is 1. The first kappa shape index (κ1) is 16.5. The number of piperidine rings is 1. The maximum Gasteiger partial charge on any atom is 0.208 e. The lowest BCUT2D eigenvalue weighted by molar-refractivity contribution is 0.152. The van der Waals surface area contributed by atoms with Gasteiger partial charge >= 0.3 is 0 Å². The Morgan fingerprint density at radius 3 is 2.90 bits per heavy atom. The first-order valence-corrected chi connectivity index (χ1v) is 9.57. The van der Waals surface area contributed by atoms with Crippen molar-refractivity contribution in [1.29, 1.82) is 0 Å². The number of aromatic nitrogens is 2. The van der Waals surface area contributed by atoms with Crippen LogP contribution in [0.1, 0.15) is 31.7 Å². The van der Waals surface area contributed by atoms with Gasteiger partial charge in [0.15, 0.2) is 0 Å². The molecule has 0 aromatic carbocycles. The van der Waals surface area contributed by atoms with Gasteiger partial charge in [-0.1, -0.05) is 6.42 Å². The number of likely N-dealkylation sites (tertiary alicyclic amines) is 1. The van der Waals surface area contributed by atoms with E-state index in [1.807, 2.05) is 10.9 Å². The molecule has 1 fully saturated rings. The second kappa shape index (κ2) is 7.38. The van der Waals surface area contributed by atoms with Crippen LogP contribution in [0.15, 0.2) is 12.4 Å². The van der Waals surface area contributed by atoms with E-state index in [1.54, 1.807) is 0 Å². The van der Waals surface area contributed by atoms with Crippen LogP contribution in [0.5, 0.6) is 0 Å². The largest absolute Gasteiger partial charge is 0.299 e. The normalized spacial score (nSPS) is 20.8. The third-order valence-corrected chi connectivity index (χ3v) is 4.72. The van der Waals surface area contributed by atoms with Crippen LogP contribution in [0.4, 0.5) is 0 Å². The zero-order valence-electron chi connectivity index (χ0n) is 13.0. The first-order valence-electron chi connectivity index (χ1n) is 7.68. The van der Waals surface area contributed by atoms with Gasteiger partial charge in [-0.3, -0.25) is 9.58 Å². The van der Waals surface area contributed by atoms with Crippen LogP contribution in [-0.2, 0) is 23.0 Å². The molecule has 1 atom stereocenters. The molecule has 1 aromatic rings. The Morgan fingerprint density at radius 2 is 2.24 bits per heavy atom. The maximum atomic E-state index is 11.3. The minimum Gasteiger partial charge on any atom is -0.299 e. The van der Waals surface area contributed by atoms with Gasteiger partial charge in [0.2, 0.25) is 10.0 Å². The van der Waals surface area contributed by atoms with E-state index in [9.17, 15) is 8.42 Å². The quantitative estimate of drug-likeness (QED) is 0.810. The second-order valence-corrected chi connectivity index (χ2v) is 7.59. The molecule has 1 saturated heterocycles. The van der Waals surface area contributed by atoms with Gasteiger partial charge in [0, 0.05) is 31.9 Å². The van der Waals surface area contributed by atoms with E-state index >= 15 is 0 Å². The van der Waals surface area contributed by atoms with E-state index < -0.39 is 10.0 Å². The summed E-state index contributed by atoms with van der Waals surface area (Å²) in [4.78, 5) is 2.41. The molecule has 120 valence electrons. The van der Waals surface area contributed by atoms with Crippen molar-refractivity contribution >= 4 is 10.0 Å². The molecule has 0 unspecified atom stereocenters. The molecule has 2 heterocycles. The SMILES string of the molecule is CCn1cc(CCN2CCCC[C@@H]2CNS(C)(=O)=O)cn1. The Bertz CT molecular complexity index is 541. The fraction of sp³-hybridized carbons (Fsp3) is 0.786. The number of hydrogen-bond acceptors (Lipinski definition) is 4. The number of aryl methyl sites for hydroxylation is 1. The summed E-state index contributed by atoms with van der Waals surface area (Å²) >= 11 is 0. The van der Waals surface area contributed by atoms with E-state index in [4.69, 9.17) is 0 Å². The van der Waals surface area contributed by atoms with E-state index in [1.165, 1.54) is 24.7 Å². The molecule has 2 rings (SSSR count). The van der Waals surface area contributed by atoms with E-state index in [0.717, 1.165) is 32.5 Å². The number of sulfonamides is 1. The van der Waals surface area contributed by atoms with Crippen molar-refractivity contribution in [2.45, 2.75) is 45.2 Å². The minimum atomic E-state index is -3.10. The third-order valence-electron chi connectivity index (χ3n) is 4.03. The lowest BCUT2D eigenvalue weighted by Gasteiger charge is -2.35. The summed E-state index contributed by atoms with van der Waals surface area (Å²) in [5.41, 5.74) is 1.25. The monoisotopic (exact) mass is 314 g/mol. The predicted octanol–water partition coefficient (Wildman–Crippen LogP) is 0.849. The van der Waals surface area contributed by atoms with Crippen LogP contribution in [0.3, 0.4) is 0 Å². The highest BCUT2D eigenvalue weighted by molar-refractivity contribution is 7.88. The number of hydrogen-bond donors (Lipinski definition) is 1. The Morgan fingerprint density at radius 1 is 1.43 bits per heavy atom. The van der Waals surface area contributed by atoms with Crippen LogP contribution < -0.4 is 4.72 Å². The van der Waals surface area contributed by atoms with Gasteiger partial charge in [-0.2, -0.15) is 5.10 Å². The average Bonchev–Trinajstić information content (AvgIpc) is 2.91. The van der Waals surface area contributed by atoms with Crippen molar-refractivity contribution in [2.24, 2.45) is 0 Å². The molecule has 0 saturated carbocycles. The molecule has 6 nitrogen and oxygen atoms in total. The Labute approximate surface area is 127 Å². The number of rotatable bonds is 7. The maximum absolute atomic E-state index is 11.3. The van der Waals surface area contributed by atoms with Crippen molar-refractivity contribution in [1.82, 2.24) is 19.4 Å². The van der Waals surface area contributed by atoms with Gasteiger partial charge < -0.3 is 0 Å². The van der Waals surface area contributed by atoms with Gasteiger partial charge in [-0.05, 0) is 38.3 Å². The predicted molar refractivity (Wildman–Crippen MR) is 83.7 cm³/mol. The van der Waals surface area contributed by atoms with Crippen LogP contribution >= 0.6 is 0 Å². The average molecular weight is 314 g/mol. The van der Waals surface area contributed by atoms with Gasteiger partial charge in [-0.25, -0.2) is 13.1 Å². The molecule has 1 aliphatic rings. The highest BCUT2D eigenvalue weighted by Gasteiger charge is 2.22. The van der Waals surface area contributed by atoms with Crippen molar-refractivity contribution in [3.63, 3.8) is 0 Å². The van der Waals surface area contributed by atoms with Crippen molar-refractivity contribution < 1.29 is 8.42 Å². The molecule has 0 bridgehead atoms. The minimum absolute atomic E-state index is 0.315. The highest BCUT2D eigenvalue weighted by atomic mass is 32.2. The standard InChI is InChI=1S/C14H26N4O2S/c1-3-18-12-13(10-15-18)7-9-17-8-5-4-6-14(17)11-16-21(2,19)20/h10,12,14,16H,3-9,11H2,1-2H3/t14-/m1/s1. The van der Waals surface area contributed by atoms with Gasteiger partial charge in [0.1, 0.15) is 0 Å². The van der Waals surface area contributed by atoms with Crippen LogP contribution in [-0.4, -0.2) is 55.0 Å². The molecule has 1 aliphatic heterocycles. The topological polar surface area (TPSA) is 67.2 Å². The van der Waals surface area contributed by atoms with Crippen LogP contribution in [0.25, 0.3) is 0 Å². The van der Waals surface area contributed by atoms with Crippen LogP contribution in [0.2, 0.25) is 0 Å². The molecule has 0 radical (unpaired) electrons. The molecular formula is C14H26N4O2S. The fourth-order valence-electron chi connectivity index (χ4n) is 2.81. The Balaban J connectivity index is 1.86. The summed E-state index contributed by atoms with van der Waals surface area (Å²) in [6.07, 6.45) is 9.65. The van der Waals surface area contributed by atoms with E-state index in [0.29, 0.717) is 12.6 Å². The summed E-state index contributed by atoms with van der Waals surface area (Å²) in [5.74, 6) is 0. The Hall–Kier alpha value is -0.920. The summed E-state index contributed by atoms with van der Waals surface area (Å²) in [6, 6.07) is 0.315. The molecule has 7 heteroatoms. The van der Waals surface area contributed by atoms with Crippen molar-refractivity contribution in [3.05, 3.63) is 18.0 Å². The zero-order chi connectivity index (χ0) is 15.3. The van der Waals surface area contributed by atoms with Gasteiger partial charge in [-0.15, -0.1) is 0 Å². The van der Waals surface area contributed by atoms with E-state index in [-0.39, 0.29) is 0 Å². The van der Waals surface area contributed by atoms with E-state index in [2.05, 4.69) is 27.8 Å². The summed E-state index contributed by atoms with van der Waals surface area (Å²) in [5, 5.41) is 4.29. The molecule has 21 heavy (non-hydrogen) atoms. The van der Waals surface area contributed by atoms with Crippen molar-refractivity contribution in [3.8, 4) is 0 Å². The van der Waals surface area contributed by atoms with Crippen LogP contribution in [0, 0.1) is 0 Å². The summed E-state index contributed by atoms with van der Waals surface area (Å²) < 4.78 is 27.1. The summed E-state index contributed by atoms with van der Waals surface area (Å²) in [6.45, 7) is 5.51. The molecule has 0 amide bonds. The second-order valence-electron chi connectivity index (χ2n) is 5.76. The lowest BCUT2D eigenvalue weighted by atomic mass is 10.0.